The van der Waals surface area contributed by atoms with E-state index in [4.69, 9.17) is 14.2 Å². The minimum absolute atomic E-state index is 0.0543. The van der Waals surface area contributed by atoms with Gasteiger partial charge in [0.25, 0.3) is 0 Å². The standard InChI is InChI=1S/C21H23NO5/c1-25-17-9-7-14(8-10-17)18(12-20(23)26-2)22-21(24)16-11-15-5-3-4-6-19(15)27-13-16/h3-10,16,18H,11-13H2,1-2H3,(H,22,24)/t16-,18-/m0/s1. The van der Waals surface area contributed by atoms with E-state index in [0.29, 0.717) is 18.8 Å². The summed E-state index contributed by atoms with van der Waals surface area (Å²) in [5, 5.41) is 2.98. The van der Waals surface area contributed by atoms with Gasteiger partial charge in [-0.1, -0.05) is 30.3 Å². The van der Waals surface area contributed by atoms with Crippen LogP contribution in [0.4, 0.5) is 0 Å². The molecule has 1 aliphatic rings. The Balaban J connectivity index is 1.73. The number of nitrogens with one attached hydrogen (secondary N) is 1. The molecule has 2 aromatic rings. The van der Waals surface area contributed by atoms with Gasteiger partial charge in [-0.2, -0.15) is 0 Å². The highest BCUT2D eigenvalue weighted by molar-refractivity contribution is 5.81. The quantitative estimate of drug-likeness (QED) is 0.793. The van der Waals surface area contributed by atoms with Crippen molar-refractivity contribution in [2.75, 3.05) is 20.8 Å². The topological polar surface area (TPSA) is 73.9 Å². The fourth-order valence-electron chi connectivity index (χ4n) is 3.12. The third-order valence-electron chi connectivity index (χ3n) is 4.68. The fourth-order valence-corrected chi connectivity index (χ4v) is 3.12. The molecule has 3 rings (SSSR count). The second kappa shape index (κ2) is 8.58. The smallest absolute Gasteiger partial charge is 0.307 e. The minimum Gasteiger partial charge on any atom is -0.497 e. The maximum Gasteiger partial charge on any atom is 0.307 e. The zero-order valence-electron chi connectivity index (χ0n) is 15.4. The van der Waals surface area contributed by atoms with Crippen molar-refractivity contribution in [3.05, 3.63) is 59.7 Å². The van der Waals surface area contributed by atoms with E-state index < -0.39 is 6.04 Å². The number of rotatable bonds is 6. The number of hydrogen-bond donors (Lipinski definition) is 1. The van der Waals surface area contributed by atoms with Gasteiger partial charge >= 0.3 is 5.97 Å². The van der Waals surface area contributed by atoms with Gasteiger partial charge in [-0.05, 0) is 35.7 Å². The molecule has 1 N–H and O–H groups in total. The highest BCUT2D eigenvalue weighted by Crippen LogP contribution is 2.28. The Bertz CT molecular complexity index is 802. The van der Waals surface area contributed by atoms with Crippen molar-refractivity contribution in [1.29, 1.82) is 0 Å². The molecule has 0 saturated heterocycles. The van der Waals surface area contributed by atoms with Crippen molar-refractivity contribution in [3.8, 4) is 11.5 Å². The lowest BCUT2D eigenvalue weighted by Crippen LogP contribution is -2.40. The van der Waals surface area contributed by atoms with Crippen LogP contribution < -0.4 is 14.8 Å². The molecule has 0 bridgehead atoms. The third kappa shape index (κ3) is 4.58. The van der Waals surface area contributed by atoms with E-state index in [1.54, 1.807) is 19.2 Å². The highest BCUT2D eigenvalue weighted by atomic mass is 16.5. The fraction of sp³-hybridized carbons (Fsp3) is 0.333. The van der Waals surface area contributed by atoms with E-state index in [-0.39, 0.29) is 24.2 Å². The van der Waals surface area contributed by atoms with Crippen LogP contribution in [0.3, 0.4) is 0 Å². The summed E-state index contributed by atoms with van der Waals surface area (Å²) in [5.41, 5.74) is 1.82. The van der Waals surface area contributed by atoms with Crippen LogP contribution in [0.5, 0.6) is 11.5 Å². The number of carbonyl (C=O) groups is 2. The summed E-state index contributed by atoms with van der Waals surface area (Å²) in [4.78, 5) is 24.6. The van der Waals surface area contributed by atoms with Crippen LogP contribution in [0.15, 0.2) is 48.5 Å². The molecule has 1 heterocycles. The number of ether oxygens (including phenoxy) is 3. The molecule has 142 valence electrons. The first-order chi connectivity index (χ1) is 13.1. The lowest BCUT2D eigenvalue weighted by Gasteiger charge is -2.27. The summed E-state index contributed by atoms with van der Waals surface area (Å²) in [6.07, 6.45) is 0.661. The Kier molecular flexibility index (Phi) is 5.96. The Morgan fingerprint density at radius 2 is 1.89 bits per heavy atom. The van der Waals surface area contributed by atoms with Crippen molar-refractivity contribution in [3.63, 3.8) is 0 Å². The van der Waals surface area contributed by atoms with Crippen molar-refractivity contribution in [1.82, 2.24) is 5.32 Å². The first-order valence-electron chi connectivity index (χ1n) is 8.82. The van der Waals surface area contributed by atoms with Crippen molar-refractivity contribution in [2.24, 2.45) is 5.92 Å². The molecule has 1 amide bonds. The van der Waals surface area contributed by atoms with Gasteiger partial charge in [0.2, 0.25) is 5.91 Å². The predicted molar refractivity (Wildman–Crippen MR) is 99.6 cm³/mol. The lowest BCUT2D eigenvalue weighted by molar-refractivity contribution is -0.141. The number of methoxy groups -OCH3 is 2. The van der Waals surface area contributed by atoms with Gasteiger partial charge in [-0.15, -0.1) is 0 Å². The second-order valence-electron chi connectivity index (χ2n) is 6.43. The highest BCUT2D eigenvalue weighted by Gasteiger charge is 2.28. The Labute approximate surface area is 158 Å². The van der Waals surface area contributed by atoms with E-state index in [2.05, 4.69) is 5.32 Å². The lowest BCUT2D eigenvalue weighted by atomic mass is 9.95. The number of para-hydroxylation sites is 1. The van der Waals surface area contributed by atoms with Gasteiger partial charge in [-0.25, -0.2) is 0 Å². The Morgan fingerprint density at radius 1 is 1.15 bits per heavy atom. The summed E-state index contributed by atoms with van der Waals surface area (Å²) in [6.45, 7) is 0.316. The second-order valence-corrected chi connectivity index (χ2v) is 6.43. The molecule has 2 atom stereocenters. The van der Waals surface area contributed by atoms with Crippen LogP contribution in [0.2, 0.25) is 0 Å². The number of esters is 1. The van der Waals surface area contributed by atoms with E-state index in [9.17, 15) is 9.59 Å². The number of hydrogen-bond acceptors (Lipinski definition) is 5. The Hall–Kier alpha value is -3.02. The van der Waals surface area contributed by atoms with Gasteiger partial charge in [-0.3, -0.25) is 9.59 Å². The summed E-state index contributed by atoms with van der Waals surface area (Å²) in [6, 6.07) is 14.5. The molecule has 0 aromatic heterocycles. The molecular formula is C21H23NO5. The minimum atomic E-state index is -0.479. The van der Waals surface area contributed by atoms with Crippen LogP contribution in [-0.4, -0.2) is 32.7 Å². The number of carbonyl (C=O) groups excluding carboxylic acids is 2. The van der Waals surface area contributed by atoms with Crippen LogP contribution in [0.25, 0.3) is 0 Å². The van der Waals surface area contributed by atoms with Gasteiger partial charge in [0.05, 0.1) is 32.6 Å². The average Bonchev–Trinajstić information content (AvgIpc) is 2.72. The SMILES string of the molecule is COC(=O)C[C@H](NC(=O)[C@@H]1COc2ccccc2C1)c1ccc(OC)cc1. The molecule has 0 spiro atoms. The van der Waals surface area contributed by atoms with E-state index in [1.165, 1.54) is 7.11 Å². The van der Waals surface area contributed by atoms with Crippen LogP contribution in [0.1, 0.15) is 23.6 Å². The number of amides is 1. The van der Waals surface area contributed by atoms with Gasteiger partial charge in [0, 0.05) is 0 Å². The van der Waals surface area contributed by atoms with Crippen molar-refractivity contribution < 1.29 is 23.8 Å². The monoisotopic (exact) mass is 369 g/mol. The van der Waals surface area contributed by atoms with E-state index >= 15 is 0 Å². The molecule has 0 radical (unpaired) electrons. The molecule has 6 nitrogen and oxygen atoms in total. The first-order valence-corrected chi connectivity index (χ1v) is 8.82. The van der Waals surface area contributed by atoms with Gasteiger partial charge in [0.15, 0.2) is 0 Å². The molecule has 0 fully saturated rings. The normalized spacial score (nSPS) is 16.4. The van der Waals surface area contributed by atoms with E-state index in [1.807, 2.05) is 36.4 Å². The largest absolute Gasteiger partial charge is 0.497 e. The van der Waals surface area contributed by atoms with Crippen LogP contribution in [-0.2, 0) is 20.7 Å². The number of fused-ring (bicyclic) bond motifs is 1. The van der Waals surface area contributed by atoms with Crippen molar-refractivity contribution >= 4 is 11.9 Å². The molecule has 0 aliphatic carbocycles. The molecule has 27 heavy (non-hydrogen) atoms. The van der Waals surface area contributed by atoms with E-state index in [0.717, 1.165) is 16.9 Å². The molecule has 1 aliphatic heterocycles. The first kappa shape index (κ1) is 18.8. The molecular weight excluding hydrogens is 346 g/mol. The van der Waals surface area contributed by atoms with Crippen molar-refractivity contribution in [2.45, 2.75) is 18.9 Å². The molecule has 2 aromatic carbocycles. The van der Waals surface area contributed by atoms with Crippen LogP contribution >= 0.6 is 0 Å². The average molecular weight is 369 g/mol. The predicted octanol–water partition coefficient (Wildman–Crippen LogP) is 2.67. The summed E-state index contributed by atoms with van der Waals surface area (Å²) in [7, 11) is 2.92. The number of benzene rings is 2. The third-order valence-corrected chi connectivity index (χ3v) is 4.68. The molecule has 6 heteroatoms. The Morgan fingerprint density at radius 3 is 2.59 bits per heavy atom. The molecule has 0 unspecified atom stereocenters. The van der Waals surface area contributed by atoms with Gasteiger partial charge in [0.1, 0.15) is 18.1 Å². The zero-order valence-corrected chi connectivity index (χ0v) is 15.4. The zero-order chi connectivity index (χ0) is 19.2. The maximum atomic E-state index is 12.8. The van der Waals surface area contributed by atoms with Crippen LogP contribution in [0, 0.1) is 5.92 Å². The summed E-state index contributed by atoms with van der Waals surface area (Å²) in [5.74, 6) is 0.691. The summed E-state index contributed by atoms with van der Waals surface area (Å²) < 4.78 is 15.7. The maximum absolute atomic E-state index is 12.8. The van der Waals surface area contributed by atoms with Gasteiger partial charge < -0.3 is 19.5 Å². The summed E-state index contributed by atoms with van der Waals surface area (Å²) >= 11 is 0. The molecule has 0 saturated carbocycles.